The zero-order chi connectivity index (χ0) is 33.5. The summed E-state index contributed by atoms with van der Waals surface area (Å²) < 4.78 is 2.48. The van der Waals surface area contributed by atoms with Crippen LogP contribution in [0.25, 0.3) is 109 Å². The molecule has 0 bridgehead atoms. The molecule has 2 heterocycles. The van der Waals surface area contributed by atoms with Gasteiger partial charge < -0.3 is 0 Å². The Labute approximate surface area is 298 Å². The largest absolute Gasteiger partial charge is 0.208 e. The van der Waals surface area contributed by atoms with Crippen LogP contribution in [0.5, 0.6) is 0 Å². The molecule has 0 unspecified atom stereocenters. The molecule has 10 aromatic rings. The lowest BCUT2D eigenvalue weighted by atomic mass is 9.93. The summed E-state index contributed by atoms with van der Waals surface area (Å²) in [7, 11) is 0. The smallest absolute Gasteiger partial charge is 0.165 e. The van der Waals surface area contributed by atoms with Crippen molar-refractivity contribution < 1.29 is 0 Å². The maximum Gasteiger partial charge on any atom is 0.165 e. The summed E-state index contributed by atoms with van der Waals surface area (Å²) in [6, 6.07) is 58.3. The topological polar surface area (TPSA) is 38.7 Å². The molecule has 0 saturated heterocycles. The summed E-state index contributed by atoms with van der Waals surface area (Å²) >= 11 is 1.84. The Hall–Kier alpha value is -6.49. The molecule has 11 rings (SSSR count). The molecule has 0 amide bonds. The van der Waals surface area contributed by atoms with E-state index < -0.39 is 0 Å². The summed E-state index contributed by atoms with van der Waals surface area (Å²) in [6.07, 6.45) is 0. The first kappa shape index (κ1) is 28.4. The molecule has 0 radical (unpaired) electrons. The third-order valence-electron chi connectivity index (χ3n) is 10.2. The van der Waals surface area contributed by atoms with E-state index in [2.05, 4.69) is 146 Å². The fraction of sp³-hybridized carbons (Fsp3) is 0. The summed E-state index contributed by atoms with van der Waals surface area (Å²) in [5.74, 6) is 1.99. The van der Waals surface area contributed by atoms with Gasteiger partial charge in [-0.25, -0.2) is 15.0 Å². The van der Waals surface area contributed by atoms with Crippen LogP contribution in [0.4, 0.5) is 0 Å². The lowest BCUT2D eigenvalue weighted by molar-refractivity contribution is 1.08. The van der Waals surface area contributed by atoms with E-state index in [-0.39, 0.29) is 0 Å². The predicted molar refractivity (Wildman–Crippen MR) is 214 cm³/mol. The van der Waals surface area contributed by atoms with Gasteiger partial charge in [0, 0.05) is 42.4 Å². The van der Waals surface area contributed by atoms with Crippen molar-refractivity contribution in [2.24, 2.45) is 0 Å². The molecule has 4 heteroatoms. The summed E-state index contributed by atoms with van der Waals surface area (Å²) in [5.41, 5.74) is 10.2. The van der Waals surface area contributed by atoms with Crippen LogP contribution in [-0.2, 0) is 0 Å². The number of hydrogen-bond donors (Lipinski definition) is 0. The Kier molecular flexibility index (Phi) is 6.12. The van der Waals surface area contributed by atoms with Crippen molar-refractivity contribution >= 4 is 53.1 Å². The lowest BCUT2D eigenvalue weighted by Crippen LogP contribution is -2.02. The fourth-order valence-corrected chi connectivity index (χ4v) is 9.16. The van der Waals surface area contributed by atoms with Crippen LogP contribution in [0, 0.1) is 0 Å². The van der Waals surface area contributed by atoms with Gasteiger partial charge in [0.15, 0.2) is 17.5 Å². The highest BCUT2D eigenvalue weighted by Gasteiger charge is 2.30. The second-order valence-electron chi connectivity index (χ2n) is 13.1. The molecule has 0 atom stereocenters. The van der Waals surface area contributed by atoms with Crippen molar-refractivity contribution in [1.29, 1.82) is 0 Å². The van der Waals surface area contributed by atoms with E-state index in [1.54, 1.807) is 0 Å². The van der Waals surface area contributed by atoms with E-state index >= 15 is 0 Å². The Morgan fingerprint density at radius 2 is 0.961 bits per heavy atom. The number of aromatic nitrogens is 3. The summed E-state index contributed by atoms with van der Waals surface area (Å²) in [5, 5.41) is 7.29. The highest BCUT2D eigenvalue weighted by atomic mass is 32.1. The Balaban J connectivity index is 1.27. The van der Waals surface area contributed by atoms with E-state index in [0.717, 1.165) is 33.2 Å². The van der Waals surface area contributed by atoms with Crippen molar-refractivity contribution in [3.05, 3.63) is 164 Å². The van der Waals surface area contributed by atoms with E-state index in [1.165, 1.54) is 58.6 Å². The van der Waals surface area contributed by atoms with Gasteiger partial charge in [-0.05, 0) is 73.6 Å². The zero-order valence-corrected chi connectivity index (χ0v) is 28.2. The minimum Gasteiger partial charge on any atom is -0.208 e. The predicted octanol–water partition coefficient (Wildman–Crippen LogP) is 12.9. The Morgan fingerprint density at radius 3 is 1.76 bits per heavy atom. The molecule has 2 aromatic heterocycles. The van der Waals surface area contributed by atoms with Crippen molar-refractivity contribution in [2.75, 3.05) is 0 Å². The third kappa shape index (κ3) is 4.33. The zero-order valence-electron chi connectivity index (χ0n) is 27.3. The van der Waals surface area contributed by atoms with Crippen LogP contribution in [0.1, 0.15) is 0 Å². The highest BCUT2D eigenvalue weighted by Crippen LogP contribution is 2.55. The molecule has 1 aliphatic rings. The van der Waals surface area contributed by atoms with Crippen LogP contribution in [0.15, 0.2) is 164 Å². The monoisotopic (exact) mass is 665 g/mol. The van der Waals surface area contributed by atoms with Crippen molar-refractivity contribution in [1.82, 2.24) is 15.0 Å². The molecule has 0 N–H and O–H groups in total. The summed E-state index contributed by atoms with van der Waals surface area (Å²) in [4.78, 5) is 16.1. The third-order valence-corrected chi connectivity index (χ3v) is 11.3. The van der Waals surface area contributed by atoms with Gasteiger partial charge in [0.1, 0.15) is 0 Å². The van der Waals surface area contributed by atoms with Crippen molar-refractivity contribution in [3.8, 4) is 67.5 Å². The first-order chi connectivity index (χ1) is 25.3. The first-order valence-corrected chi connectivity index (χ1v) is 18.0. The molecule has 0 aliphatic heterocycles. The normalized spacial score (nSPS) is 11.9. The number of fused-ring (bicyclic) bond motifs is 7. The second kappa shape index (κ2) is 11.0. The number of nitrogens with zero attached hydrogens (tertiary/aromatic N) is 3. The molecular weight excluding hydrogens is 639 g/mol. The fourth-order valence-electron chi connectivity index (χ4n) is 8.01. The van der Waals surface area contributed by atoms with Gasteiger partial charge in [0.05, 0.1) is 0 Å². The minimum atomic E-state index is 0.654. The molecule has 3 nitrogen and oxygen atoms in total. The maximum absolute atomic E-state index is 5.46. The average Bonchev–Trinajstić information content (AvgIpc) is 3.73. The van der Waals surface area contributed by atoms with Gasteiger partial charge in [-0.2, -0.15) is 0 Å². The lowest BCUT2D eigenvalue weighted by Gasteiger charge is -2.15. The Morgan fingerprint density at radius 1 is 0.333 bits per heavy atom. The maximum atomic E-state index is 5.46. The minimum absolute atomic E-state index is 0.654. The number of thiophene rings is 1. The van der Waals surface area contributed by atoms with Gasteiger partial charge in [-0.15, -0.1) is 11.3 Å². The van der Waals surface area contributed by atoms with Crippen molar-refractivity contribution in [2.45, 2.75) is 0 Å². The van der Waals surface area contributed by atoms with E-state index in [1.807, 2.05) is 29.5 Å². The quantitative estimate of drug-likeness (QED) is 0.188. The molecule has 1 aliphatic carbocycles. The van der Waals surface area contributed by atoms with E-state index in [4.69, 9.17) is 15.0 Å². The van der Waals surface area contributed by atoms with Crippen LogP contribution in [0.2, 0.25) is 0 Å². The van der Waals surface area contributed by atoms with Gasteiger partial charge in [-0.3, -0.25) is 0 Å². The SMILES string of the molecule is c1ccc(-c2nc(-c3cc(-c4ccccc4)c4ccccc4c3)nc(-c3c4c(cc5sc6ccccc6c35)-c3cccc5cccc-4c35)n2)cc1. The van der Waals surface area contributed by atoms with Crippen LogP contribution >= 0.6 is 11.3 Å². The molecule has 8 aromatic carbocycles. The molecule has 0 fully saturated rings. The van der Waals surface area contributed by atoms with Crippen LogP contribution in [-0.4, -0.2) is 15.0 Å². The molecule has 0 saturated carbocycles. The standard InChI is InChI=1S/C47H27N3S/c1-3-13-28(14-4-1)37-26-32(25-31-17-7-8-20-33(31)37)46-48-45(30-15-5-2-6-16-30)49-47(50-46)44-42-36-23-12-19-29-18-11-22-34(41(29)36)38(42)27-40-43(44)35-21-9-10-24-39(35)51-40/h1-27H. The Bertz CT molecular complexity index is 3010. The van der Waals surface area contributed by atoms with Gasteiger partial charge in [0.25, 0.3) is 0 Å². The number of rotatable bonds is 4. The van der Waals surface area contributed by atoms with Gasteiger partial charge in [0.2, 0.25) is 0 Å². The second-order valence-corrected chi connectivity index (χ2v) is 14.2. The number of hydrogen-bond acceptors (Lipinski definition) is 4. The highest BCUT2D eigenvalue weighted by molar-refractivity contribution is 7.26. The molecular formula is C47H27N3S. The van der Waals surface area contributed by atoms with Gasteiger partial charge >= 0.3 is 0 Å². The van der Waals surface area contributed by atoms with E-state index in [9.17, 15) is 0 Å². The van der Waals surface area contributed by atoms with Gasteiger partial charge in [-0.1, -0.05) is 140 Å². The number of benzene rings is 8. The molecule has 51 heavy (non-hydrogen) atoms. The van der Waals surface area contributed by atoms with Crippen LogP contribution in [0.3, 0.4) is 0 Å². The molecule has 236 valence electrons. The average molecular weight is 666 g/mol. The van der Waals surface area contributed by atoms with E-state index in [0.29, 0.717) is 17.5 Å². The first-order valence-electron chi connectivity index (χ1n) is 17.2. The van der Waals surface area contributed by atoms with Crippen molar-refractivity contribution in [3.63, 3.8) is 0 Å². The van der Waals surface area contributed by atoms with Crippen LogP contribution < -0.4 is 0 Å². The summed E-state index contributed by atoms with van der Waals surface area (Å²) in [6.45, 7) is 0. The molecule has 0 spiro atoms.